The van der Waals surface area contributed by atoms with Crippen LogP contribution < -0.4 is 4.74 Å². The van der Waals surface area contributed by atoms with Gasteiger partial charge in [0.2, 0.25) is 0 Å². The molecule has 0 aliphatic heterocycles. The molecule has 0 bridgehead atoms. The standard InChI is InChI=1S/C33H23F6N3O/c1-41-29(22-12-18-26(43-2)19-13-22)30(23-10-16-25(17-11-23)33(37,38)39)42-31(41)27(28(40-42)21-6-4-3-5-7-21)20-8-14-24(15-9-20)32(34,35)36/h3-19H,1-2H3. The average Bonchev–Trinajstić information content (AvgIpc) is 3.52. The van der Waals surface area contributed by atoms with E-state index >= 15 is 0 Å². The van der Waals surface area contributed by atoms with Crippen molar-refractivity contribution < 1.29 is 31.1 Å². The normalized spacial score (nSPS) is 12.2. The average molecular weight is 592 g/mol. The van der Waals surface area contributed by atoms with Gasteiger partial charge in [-0.25, -0.2) is 4.52 Å². The number of hydrogen-bond donors (Lipinski definition) is 0. The lowest BCUT2D eigenvalue weighted by molar-refractivity contribution is -0.138. The van der Waals surface area contributed by atoms with Crippen molar-refractivity contribution in [2.45, 2.75) is 12.4 Å². The smallest absolute Gasteiger partial charge is 0.416 e. The number of ether oxygens (including phenoxy) is 1. The fourth-order valence-electron chi connectivity index (χ4n) is 5.29. The highest BCUT2D eigenvalue weighted by atomic mass is 19.4. The Kier molecular flexibility index (Phi) is 6.79. The zero-order valence-electron chi connectivity index (χ0n) is 22.8. The van der Waals surface area contributed by atoms with Crippen molar-refractivity contribution in [3.05, 3.63) is 114 Å². The fraction of sp³-hybridized carbons (Fsp3) is 0.121. The van der Waals surface area contributed by atoms with Crippen LogP contribution in [0.15, 0.2) is 103 Å². The molecule has 0 fully saturated rings. The summed E-state index contributed by atoms with van der Waals surface area (Å²) in [6.45, 7) is 0. The third-order valence-electron chi connectivity index (χ3n) is 7.35. The number of imidazole rings is 1. The van der Waals surface area contributed by atoms with Crippen molar-refractivity contribution in [2.24, 2.45) is 7.05 Å². The Hall–Kier alpha value is -4.99. The number of halogens is 6. The molecule has 0 spiro atoms. The Bertz CT molecular complexity index is 1900. The van der Waals surface area contributed by atoms with Gasteiger partial charge >= 0.3 is 12.4 Å². The summed E-state index contributed by atoms with van der Waals surface area (Å²) in [5, 5.41) is 4.95. The molecule has 2 aromatic heterocycles. The zero-order chi connectivity index (χ0) is 30.5. The molecule has 4 aromatic carbocycles. The molecular weight excluding hydrogens is 568 g/mol. The van der Waals surface area contributed by atoms with Gasteiger partial charge < -0.3 is 9.30 Å². The number of alkyl halides is 6. The number of hydrogen-bond acceptors (Lipinski definition) is 2. The number of aryl methyl sites for hydroxylation is 1. The van der Waals surface area contributed by atoms with Gasteiger partial charge in [-0.15, -0.1) is 0 Å². The van der Waals surface area contributed by atoms with E-state index in [0.717, 1.165) is 35.4 Å². The van der Waals surface area contributed by atoms with Crippen molar-refractivity contribution in [3.63, 3.8) is 0 Å². The molecule has 6 aromatic rings. The molecule has 0 unspecified atom stereocenters. The van der Waals surface area contributed by atoms with Crippen molar-refractivity contribution in [1.82, 2.24) is 14.2 Å². The van der Waals surface area contributed by atoms with Gasteiger partial charge in [0.1, 0.15) is 17.1 Å². The van der Waals surface area contributed by atoms with Crippen LogP contribution in [0.1, 0.15) is 11.1 Å². The number of fused-ring (bicyclic) bond motifs is 1. The van der Waals surface area contributed by atoms with Crippen molar-refractivity contribution in [3.8, 4) is 50.6 Å². The van der Waals surface area contributed by atoms with Gasteiger partial charge in [0, 0.05) is 23.7 Å². The van der Waals surface area contributed by atoms with E-state index in [1.54, 1.807) is 30.8 Å². The van der Waals surface area contributed by atoms with E-state index in [1.807, 2.05) is 47.0 Å². The van der Waals surface area contributed by atoms with Crippen molar-refractivity contribution >= 4 is 5.65 Å². The highest BCUT2D eigenvalue weighted by Crippen LogP contribution is 2.43. The largest absolute Gasteiger partial charge is 0.497 e. The number of methoxy groups -OCH3 is 1. The molecule has 4 nitrogen and oxygen atoms in total. The first kappa shape index (κ1) is 28.1. The zero-order valence-corrected chi connectivity index (χ0v) is 22.8. The number of nitrogens with zero attached hydrogens (tertiary/aromatic N) is 3. The fourth-order valence-corrected chi connectivity index (χ4v) is 5.29. The van der Waals surface area contributed by atoms with Crippen LogP contribution >= 0.6 is 0 Å². The first-order valence-corrected chi connectivity index (χ1v) is 13.1. The molecule has 0 radical (unpaired) electrons. The molecule has 10 heteroatoms. The predicted molar refractivity (Wildman–Crippen MR) is 152 cm³/mol. The maximum absolute atomic E-state index is 13.4. The van der Waals surface area contributed by atoms with Crippen LogP contribution in [0.4, 0.5) is 26.3 Å². The Morgan fingerprint density at radius 2 is 1.07 bits per heavy atom. The van der Waals surface area contributed by atoms with E-state index < -0.39 is 23.5 Å². The molecule has 0 aliphatic carbocycles. The van der Waals surface area contributed by atoms with Gasteiger partial charge in [-0.05, 0) is 54.1 Å². The summed E-state index contributed by atoms with van der Waals surface area (Å²) >= 11 is 0. The Morgan fingerprint density at radius 3 is 1.58 bits per heavy atom. The molecule has 0 saturated carbocycles. The van der Waals surface area contributed by atoms with Crippen LogP contribution in [-0.2, 0) is 19.4 Å². The number of rotatable bonds is 5. The minimum Gasteiger partial charge on any atom is -0.497 e. The Labute approximate surface area is 242 Å². The Morgan fingerprint density at radius 1 is 0.581 bits per heavy atom. The van der Waals surface area contributed by atoms with Crippen LogP contribution in [0.2, 0.25) is 0 Å². The lowest BCUT2D eigenvalue weighted by atomic mass is 10.00. The van der Waals surface area contributed by atoms with E-state index in [4.69, 9.17) is 9.84 Å². The summed E-state index contributed by atoms with van der Waals surface area (Å²) in [5.41, 5.74) is 3.70. The first-order chi connectivity index (χ1) is 20.5. The van der Waals surface area contributed by atoms with Crippen LogP contribution in [-0.4, -0.2) is 21.3 Å². The van der Waals surface area contributed by atoms with Gasteiger partial charge in [-0.2, -0.15) is 31.4 Å². The Balaban J connectivity index is 1.68. The highest BCUT2D eigenvalue weighted by molar-refractivity contribution is 5.95. The van der Waals surface area contributed by atoms with Crippen molar-refractivity contribution in [2.75, 3.05) is 7.11 Å². The second-order valence-electron chi connectivity index (χ2n) is 9.96. The topological polar surface area (TPSA) is 31.5 Å². The minimum absolute atomic E-state index is 0.477. The third kappa shape index (κ3) is 5.03. The molecule has 2 heterocycles. The lowest BCUT2D eigenvalue weighted by Crippen LogP contribution is -2.04. The first-order valence-electron chi connectivity index (χ1n) is 13.1. The molecule has 0 saturated heterocycles. The maximum atomic E-state index is 13.4. The molecule has 6 rings (SSSR count). The molecule has 218 valence electrons. The molecule has 43 heavy (non-hydrogen) atoms. The van der Waals surface area contributed by atoms with Crippen LogP contribution in [0.25, 0.3) is 50.5 Å². The van der Waals surface area contributed by atoms with E-state index in [0.29, 0.717) is 45.2 Å². The summed E-state index contributed by atoms with van der Waals surface area (Å²) in [4.78, 5) is 0. The summed E-state index contributed by atoms with van der Waals surface area (Å²) in [6.07, 6.45) is -9.01. The minimum atomic E-state index is -4.51. The molecule has 0 N–H and O–H groups in total. The molecule has 0 atom stereocenters. The van der Waals surface area contributed by atoms with E-state index in [-0.39, 0.29) is 0 Å². The second-order valence-corrected chi connectivity index (χ2v) is 9.96. The predicted octanol–water partition coefficient (Wildman–Crippen LogP) is 9.39. The van der Waals surface area contributed by atoms with Gasteiger partial charge in [-0.1, -0.05) is 54.6 Å². The highest BCUT2D eigenvalue weighted by Gasteiger charge is 2.32. The van der Waals surface area contributed by atoms with E-state index in [2.05, 4.69) is 0 Å². The summed E-state index contributed by atoms with van der Waals surface area (Å²) in [7, 11) is 3.34. The second kappa shape index (κ2) is 10.4. The van der Waals surface area contributed by atoms with Gasteiger partial charge in [0.05, 0.1) is 35.2 Å². The number of benzene rings is 4. The van der Waals surface area contributed by atoms with Crippen LogP contribution in [0.5, 0.6) is 5.75 Å². The summed E-state index contributed by atoms with van der Waals surface area (Å²) < 4.78 is 89.3. The van der Waals surface area contributed by atoms with Gasteiger partial charge in [-0.3, -0.25) is 0 Å². The summed E-state index contributed by atoms with van der Waals surface area (Å²) in [5.74, 6) is 0.621. The monoisotopic (exact) mass is 591 g/mol. The maximum Gasteiger partial charge on any atom is 0.416 e. The van der Waals surface area contributed by atoms with E-state index in [9.17, 15) is 26.3 Å². The SMILES string of the molecule is COc1ccc(-c2c(-c3ccc(C(F)(F)F)cc3)n3nc(-c4ccccc4)c(-c4ccc(C(F)(F)F)cc4)c3n2C)cc1. The third-order valence-corrected chi connectivity index (χ3v) is 7.35. The number of aromatic nitrogens is 3. The molecule has 0 aliphatic rings. The molecular formula is C33H23F6N3O. The van der Waals surface area contributed by atoms with Crippen molar-refractivity contribution in [1.29, 1.82) is 0 Å². The van der Waals surface area contributed by atoms with Crippen LogP contribution in [0.3, 0.4) is 0 Å². The van der Waals surface area contributed by atoms with E-state index in [1.165, 1.54) is 24.3 Å². The van der Waals surface area contributed by atoms with Gasteiger partial charge in [0.15, 0.2) is 0 Å². The lowest BCUT2D eigenvalue weighted by Gasteiger charge is -2.12. The quantitative estimate of drug-likeness (QED) is 0.187. The molecule has 0 amide bonds. The van der Waals surface area contributed by atoms with Gasteiger partial charge in [0.25, 0.3) is 0 Å². The van der Waals surface area contributed by atoms with Crippen LogP contribution in [0, 0.1) is 0 Å². The summed E-state index contributed by atoms with van der Waals surface area (Å²) in [6, 6.07) is 26.1.